The summed E-state index contributed by atoms with van der Waals surface area (Å²) in [5, 5.41) is 0. The molecule has 0 fully saturated rings. The van der Waals surface area contributed by atoms with Crippen molar-refractivity contribution in [1.82, 2.24) is 0 Å². The maximum absolute atomic E-state index is 12.8. The van der Waals surface area contributed by atoms with Crippen molar-refractivity contribution < 1.29 is 18.3 Å². The van der Waals surface area contributed by atoms with E-state index < -0.39 is 12.7 Å². The zero-order valence-electron chi connectivity index (χ0n) is 8.97. The molecule has 0 amide bonds. The molecular weight excluding hydrogens is 190 g/mol. The van der Waals surface area contributed by atoms with Gasteiger partial charge in [-0.1, -0.05) is 13.8 Å². The summed E-state index contributed by atoms with van der Waals surface area (Å²) < 4.78 is 35.2. The number of hydrogen-bond acceptors (Lipinski definition) is 2. The van der Waals surface area contributed by atoms with Crippen molar-refractivity contribution in [3.8, 4) is 0 Å². The minimum Gasteiger partial charge on any atom is -0.348 e. The molecule has 0 saturated carbocycles. The largest absolute Gasteiger partial charge is 0.348 e. The van der Waals surface area contributed by atoms with E-state index in [1.165, 1.54) is 0 Å². The van der Waals surface area contributed by atoms with Crippen molar-refractivity contribution in [2.24, 2.45) is 0 Å². The maximum atomic E-state index is 12.8. The number of hydrogen-bond donors (Lipinski definition) is 0. The first-order valence-corrected chi connectivity index (χ1v) is 5.22. The first kappa shape index (κ1) is 13.8. The van der Waals surface area contributed by atoms with Crippen molar-refractivity contribution in [1.29, 1.82) is 0 Å². The molecule has 0 aliphatic carbocycles. The number of rotatable bonds is 9. The monoisotopic (exact) mass is 210 g/mol. The fraction of sp³-hybridized carbons (Fsp3) is 1.00. The highest BCUT2D eigenvalue weighted by atomic mass is 19.2. The van der Waals surface area contributed by atoms with Gasteiger partial charge in [0.2, 0.25) is 0 Å². The van der Waals surface area contributed by atoms with Crippen LogP contribution in [-0.2, 0) is 9.47 Å². The van der Waals surface area contributed by atoms with Crippen LogP contribution in [0.3, 0.4) is 0 Å². The Bertz CT molecular complexity index is 109. The molecule has 0 radical (unpaired) electrons. The lowest BCUT2D eigenvalue weighted by molar-refractivity contribution is -0.0805. The van der Waals surface area contributed by atoms with E-state index in [9.17, 15) is 8.78 Å². The molecular formula is C10H20F2O2. The van der Waals surface area contributed by atoms with E-state index in [0.29, 0.717) is 13.2 Å². The first-order chi connectivity index (χ1) is 6.70. The summed E-state index contributed by atoms with van der Waals surface area (Å²) in [6, 6.07) is 0. The zero-order chi connectivity index (χ0) is 10.8. The van der Waals surface area contributed by atoms with Gasteiger partial charge in [0.05, 0.1) is 0 Å². The Morgan fingerprint density at radius 1 is 0.857 bits per heavy atom. The summed E-state index contributed by atoms with van der Waals surface area (Å²) >= 11 is 0. The fourth-order valence-corrected chi connectivity index (χ4v) is 0.920. The topological polar surface area (TPSA) is 18.5 Å². The molecule has 2 unspecified atom stereocenters. The van der Waals surface area contributed by atoms with Crippen LogP contribution >= 0.6 is 0 Å². The molecule has 0 aliphatic rings. The van der Waals surface area contributed by atoms with E-state index in [1.807, 2.05) is 13.8 Å². The van der Waals surface area contributed by atoms with E-state index in [-0.39, 0.29) is 12.8 Å². The summed E-state index contributed by atoms with van der Waals surface area (Å²) in [6.45, 7) is 4.56. The Kier molecular flexibility index (Phi) is 9.19. The predicted octanol–water partition coefficient (Wildman–Crippen LogP) is 3.21. The molecule has 0 spiro atoms. The average Bonchev–Trinajstić information content (AvgIpc) is 2.20. The molecule has 0 aromatic carbocycles. The molecule has 86 valence electrons. The molecule has 2 atom stereocenters. The quantitative estimate of drug-likeness (QED) is 0.581. The van der Waals surface area contributed by atoms with Gasteiger partial charge >= 0.3 is 0 Å². The van der Waals surface area contributed by atoms with E-state index in [1.54, 1.807) is 0 Å². The van der Waals surface area contributed by atoms with Crippen molar-refractivity contribution in [2.75, 3.05) is 13.2 Å². The summed E-state index contributed by atoms with van der Waals surface area (Å²) in [6.07, 6.45) is -1.07. The van der Waals surface area contributed by atoms with Crippen LogP contribution in [0.4, 0.5) is 8.78 Å². The van der Waals surface area contributed by atoms with Crippen LogP contribution in [0.25, 0.3) is 0 Å². The van der Waals surface area contributed by atoms with Crippen LogP contribution in [-0.4, -0.2) is 25.9 Å². The third-order valence-electron chi connectivity index (χ3n) is 1.63. The normalized spacial score (nSPS) is 15.4. The predicted molar refractivity (Wildman–Crippen MR) is 51.5 cm³/mol. The Labute approximate surface area is 84.6 Å². The van der Waals surface area contributed by atoms with Crippen LogP contribution in [0.2, 0.25) is 0 Å². The van der Waals surface area contributed by atoms with Gasteiger partial charge in [-0.25, -0.2) is 8.78 Å². The SMILES string of the molecule is CCCOC(F)CCC(F)OCCC. The van der Waals surface area contributed by atoms with Crippen LogP contribution in [0.15, 0.2) is 0 Å². The molecule has 0 aromatic rings. The second-order valence-corrected chi connectivity index (χ2v) is 3.14. The lowest BCUT2D eigenvalue weighted by Gasteiger charge is -2.11. The lowest BCUT2D eigenvalue weighted by atomic mass is 10.3. The molecule has 2 nitrogen and oxygen atoms in total. The van der Waals surface area contributed by atoms with E-state index in [4.69, 9.17) is 9.47 Å². The van der Waals surface area contributed by atoms with E-state index in [0.717, 1.165) is 12.8 Å². The number of halogens is 2. The van der Waals surface area contributed by atoms with Crippen molar-refractivity contribution in [3.05, 3.63) is 0 Å². The molecule has 0 heterocycles. The highest BCUT2D eigenvalue weighted by Crippen LogP contribution is 2.10. The second-order valence-electron chi connectivity index (χ2n) is 3.14. The molecule has 14 heavy (non-hydrogen) atoms. The average molecular weight is 210 g/mol. The summed E-state index contributed by atoms with van der Waals surface area (Å²) in [7, 11) is 0. The van der Waals surface area contributed by atoms with Gasteiger partial charge in [-0.15, -0.1) is 0 Å². The minimum atomic E-state index is -1.36. The highest BCUT2D eigenvalue weighted by molar-refractivity contribution is 4.48. The Morgan fingerprint density at radius 3 is 1.50 bits per heavy atom. The Balaban J connectivity index is 3.31. The molecule has 0 saturated heterocycles. The van der Waals surface area contributed by atoms with E-state index >= 15 is 0 Å². The second kappa shape index (κ2) is 9.34. The van der Waals surface area contributed by atoms with Gasteiger partial charge in [-0.2, -0.15) is 0 Å². The van der Waals surface area contributed by atoms with Gasteiger partial charge in [-0.05, 0) is 12.8 Å². The minimum absolute atomic E-state index is 0.0604. The molecule has 0 rings (SSSR count). The smallest absolute Gasteiger partial charge is 0.198 e. The van der Waals surface area contributed by atoms with Crippen LogP contribution in [0, 0.1) is 0 Å². The summed E-state index contributed by atoms with van der Waals surface area (Å²) in [5.41, 5.74) is 0. The molecule has 0 aliphatic heterocycles. The van der Waals surface area contributed by atoms with Crippen LogP contribution in [0.1, 0.15) is 39.5 Å². The molecule has 0 N–H and O–H groups in total. The van der Waals surface area contributed by atoms with Crippen molar-refractivity contribution in [3.63, 3.8) is 0 Å². The highest BCUT2D eigenvalue weighted by Gasteiger charge is 2.11. The number of alkyl halides is 2. The van der Waals surface area contributed by atoms with Crippen molar-refractivity contribution >= 4 is 0 Å². The fourth-order valence-electron chi connectivity index (χ4n) is 0.920. The van der Waals surface area contributed by atoms with Gasteiger partial charge in [-0.3, -0.25) is 0 Å². The van der Waals surface area contributed by atoms with Crippen LogP contribution in [0.5, 0.6) is 0 Å². The third-order valence-corrected chi connectivity index (χ3v) is 1.63. The number of ether oxygens (including phenoxy) is 2. The zero-order valence-corrected chi connectivity index (χ0v) is 8.97. The molecule has 0 aromatic heterocycles. The third kappa shape index (κ3) is 8.38. The lowest BCUT2D eigenvalue weighted by Crippen LogP contribution is -2.13. The molecule has 4 heteroatoms. The van der Waals surface area contributed by atoms with Gasteiger partial charge in [0.15, 0.2) is 12.7 Å². The molecule has 0 bridgehead atoms. The maximum Gasteiger partial charge on any atom is 0.198 e. The Morgan fingerprint density at radius 2 is 1.21 bits per heavy atom. The van der Waals surface area contributed by atoms with E-state index in [2.05, 4.69) is 0 Å². The van der Waals surface area contributed by atoms with Crippen molar-refractivity contribution in [2.45, 2.75) is 52.2 Å². The van der Waals surface area contributed by atoms with Gasteiger partial charge in [0, 0.05) is 26.1 Å². The van der Waals surface area contributed by atoms with Crippen LogP contribution < -0.4 is 0 Å². The Hall–Kier alpha value is -0.220. The summed E-state index contributed by atoms with van der Waals surface area (Å²) in [5.74, 6) is 0. The summed E-state index contributed by atoms with van der Waals surface area (Å²) in [4.78, 5) is 0. The van der Waals surface area contributed by atoms with Gasteiger partial charge < -0.3 is 9.47 Å². The van der Waals surface area contributed by atoms with Gasteiger partial charge in [0.1, 0.15) is 0 Å². The first-order valence-electron chi connectivity index (χ1n) is 5.22. The standard InChI is InChI=1S/C10H20F2O2/c1-3-7-13-9(11)5-6-10(12)14-8-4-2/h9-10H,3-8H2,1-2H3. The van der Waals surface area contributed by atoms with Gasteiger partial charge in [0.25, 0.3) is 0 Å².